The predicted octanol–water partition coefficient (Wildman–Crippen LogP) is 5.69. The van der Waals surface area contributed by atoms with Crippen LogP contribution in [0.3, 0.4) is 0 Å². The topological polar surface area (TPSA) is 55.4 Å². The van der Waals surface area contributed by atoms with Crippen LogP contribution in [0.1, 0.15) is 23.7 Å². The van der Waals surface area contributed by atoms with E-state index in [0.29, 0.717) is 33.1 Å². The highest BCUT2D eigenvalue weighted by Crippen LogP contribution is 2.66. The van der Waals surface area contributed by atoms with Gasteiger partial charge in [-0.25, -0.2) is 4.79 Å². The second-order valence-corrected chi connectivity index (χ2v) is 11.1. The SMILES string of the molecule is COC(=O)c1c(-c2ccccc2Cl)csc1NC(=O)[C@]1(C)CC1(Br)Br. The number of esters is 1. The van der Waals surface area contributed by atoms with Crippen LogP contribution in [0.4, 0.5) is 5.00 Å². The van der Waals surface area contributed by atoms with E-state index < -0.39 is 14.6 Å². The number of rotatable bonds is 4. The zero-order valence-corrected chi connectivity index (χ0v) is 18.1. The third-order valence-corrected chi connectivity index (χ3v) is 7.87. The van der Waals surface area contributed by atoms with Gasteiger partial charge in [-0.1, -0.05) is 61.7 Å². The number of anilines is 1. The van der Waals surface area contributed by atoms with E-state index in [4.69, 9.17) is 16.3 Å². The second kappa shape index (κ2) is 6.68. The molecule has 1 amide bonds. The molecule has 0 aliphatic heterocycles. The number of thiophene rings is 1. The van der Waals surface area contributed by atoms with Crippen LogP contribution in [0.2, 0.25) is 5.02 Å². The number of benzene rings is 1. The number of methoxy groups -OCH3 is 1. The fourth-order valence-electron chi connectivity index (χ4n) is 2.52. The summed E-state index contributed by atoms with van der Waals surface area (Å²) in [5.74, 6) is -0.685. The molecular formula is C17H14Br2ClNO3S. The minimum atomic E-state index is -0.588. The molecule has 0 bridgehead atoms. The lowest BCUT2D eigenvalue weighted by Gasteiger charge is -2.13. The van der Waals surface area contributed by atoms with E-state index in [0.717, 1.165) is 0 Å². The highest BCUT2D eigenvalue weighted by atomic mass is 79.9. The summed E-state index contributed by atoms with van der Waals surface area (Å²) in [5.41, 5.74) is 1.08. The smallest absolute Gasteiger partial charge is 0.341 e. The average molecular weight is 508 g/mol. The molecule has 1 saturated carbocycles. The van der Waals surface area contributed by atoms with Gasteiger partial charge in [0.25, 0.3) is 0 Å². The largest absolute Gasteiger partial charge is 0.465 e. The van der Waals surface area contributed by atoms with Crippen molar-refractivity contribution >= 4 is 71.7 Å². The maximum absolute atomic E-state index is 12.6. The Morgan fingerprint density at radius 1 is 1.28 bits per heavy atom. The van der Waals surface area contributed by atoms with E-state index in [1.165, 1.54) is 18.4 Å². The molecule has 1 aromatic heterocycles. The van der Waals surface area contributed by atoms with E-state index in [2.05, 4.69) is 37.2 Å². The minimum absolute atomic E-state index is 0.168. The van der Waals surface area contributed by atoms with Crippen molar-refractivity contribution in [1.29, 1.82) is 0 Å². The molecule has 132 valence electrons. The summed E-state index contributed by atoms with van der Waals surface area (Å²) < 4.78 is 4.50. The van der Waals surface area contributed by atoms with Crippen LogP contribution in [-0.2, 0) is 9.53 Å². The van der Waals surface area contributed by atoms with E-state index in [9.17, 15) is 9.59 Å². The van der Waals surface area contributed by atoms with Crippen LogP contribution in [0.25, 0.3) is 11.1 Å². The summed E-state index contributed by atoms with van der Waals surface area (Å²) >= 11 is 14.5. The van der Waals surface area contributed by atoms with Crippen molar-refractivity contribution in [2.45, 2.75) is 16.6 Å². The summed E-state index contributed by atoms with van der Waals surface area (Å²) in [5, 5.41) is 5.65. The molecule has 1 N–H and O–H groups in total. The number of amides is 1. The summed E-state index contributed by atoms with van der Waals surface area (Å²) in [6, 6.07) is 7.24. The van der Waals surface area contributed by atoms with Crippen LogP contribution in [0.5, 0.6) is 0 Å². The Balaban J connectivity index is 2.00. The lowest BCUT2D eigenvalue weighted by atomic mass is 10.0. The molecule has 1 atom stereocenters. The van der Waals surface area contributed by atoms with Gasteiger partial charge in [0, 0.05) is 21.5 Å². The van der Waals surface area contributed by atoms with Crippen LogP contribution < -0.4 is 5.32 Å². The number of halogens is 3. The Kier molecular flexibility index (Phi) is 5.05. The Morgan fingerprint density at radius 3 is 2.48 bits per heavy atom. The van der Waals surface area contributed by atoms with Gasteiger partial charge < -0.3 is 10.1 Å². The highest BCUT2D eigenvalue weighted by molar-refractivity contribution is 9.25. The Morgan fingerprint density at radius 2 is 1.92 bits per heavy atom. The maximum atomic E-state index is 12.6. The fourth-order valence-corrected chi connectivity index (χ4v) is 5.18. The number of alkyl halides is 2. The summed E-state index contributed by atoms with van der Waals surface area (Å²) in [6.45, 7) is 1.85. The first kappa shape index (κ1) is 18.9. The van der Waals surface area contributed by atoms with Crippen molar-refractivity contribution in [2.24, 2.45) is 5.41 Å². The summed E-state index contributed by atoms with van der Waals surface area (Å²) in [6.07, 6.45) is 0.655. The molecule has 4 nitrogen and oxygen atoms in total. The van der Waals surface area contributed by atoms with Gasteiger partial charge in [-0.2, -0.15) is 0 Å². The molecule has 8 heteroatoms. The molecule has 1 fully saturated rings. The molecule has 1 aliphatic rings. The molecule has 1 heterocycles. The highest BCUT2D eigenvalue weighted by Gasteiger charge is 2.66. The minimum Gasteiger partial charge on any atom is -0.465 e. The van der Waals surface area contributed by atoms with Gasteiger partial charge in [-0.3, -0.25) is 4.79 Å². The van der Waals surface area contributed by atoms with Crippen molar-refractivity contribution in [2.75, 3.05) is 12.4 Å². The fraction of sp³-hybridized carbons (Fsp3) is 0.294. The monoisotopic (exact) mass is 505 g/mol. The molecule has 0 radical (unpaired) electrons. The van der Waals surface area contributed by atoms with Crippen molar-refractivity contribution in [3.63, 3.8) is 0 Å². The third-order valence-electron chi connectivity index (χ3n) is 4.33. The first-order valence-corrected chi connectivity index (χ1v) is 10.2. The molecule has 25 heavy (non-hydrogen) atoms. The van der Waals surface area contributed by atoms with Gasteiger partial charge in [-0.05, 0) is 19.4 Å². The molecule has 1 aliphatic carbocycles. The molecular weight excluding hydrogens is 494 g/mol. The first-order valence-electron chi connectivity index (χ1n) is 7.35. The molecule has 0 saturated heterocycles. The number of hydrogen-bond acceptors (Lipinski definition) is 4. The zero-order chi connectivity index (χ0) is 18.4. The Bertz CT molecular complexity index is 867. The average Bonchev–Trinajstić information content (AvgIpc) is 2.91. The first-order chi connectivity index (χ1) is 11.7. The van der Waals surface area contributed by atoms with Gasteiger partial charge in [-0.15, -0.1) is 11.3 Å². The number of carbonyl (C=O) groups excluding carboxylic acids is 2. The number of ether oxygens (including phenoxy) is 1. The number of hydrogen-bond donors (Lipinski definition) is 1. The van der Waals surface area contributed by atoms with Gasteiger partial charge in [0.05, 0.1) is 15.8 Å². The van der Waals surface area contributed by atoms with Gasteiger partial charge in [0.15, 0.2) is 0 Å². The second-order valence-electron chi connectivity index (χ2n) is 5.99. The lowest BCUT2D eigenvalue weighted by molar-refractivity contribution is -0.120. The normalized spacial score (nSPS) is 20.8. The molecule has 1 aromatic carbocycles. The van der Waals surface area contributed by atoms with E-state index >= 15 is 0 Å². The van der Waals surface area contributed by atoms with Crippen LogP contribution in [0.15, 0.2) is 29.6 Å². The Labute approximate surface area is 171 Å². The lowest BCUT2D eigenvalue weighted by Crippen LogP contribution is -2.26. The quantitative estimate of drug-likeness (QED) is 0.427. The molecule has 0 spiro atoms. The third kappa shape index (κ3) is 3.27. The summed E-state index contributed by atoms with van der Waals surface area (Å²) in [4.78, 5) is 25.0. The van der Waals surface area contributed by atoms with E-state index in [1.54, 1.807) is 11.4 Å². The zero-order valence-electron chi connectivity index (χ0n) is 13.4. The van der Waals surface area contributed by atoms with Crippen LogP contribution in [0, 0.1) is 5.41 Å². The summed E-state index contributed by atoms with van der Waals surface area (Å²) in [7, 11) is 1.31. The van der Waals surface area contributed by atoms with Gasteiger partial charge >= 0.3 is 5.97 Å². The molecule has 3 rings (SSSR count). The van der Waals surface area contributed by atoms with Crippen molar-refractivity contribution in [3.05, 3.63) is 40.2 Å². The van der Waals surface area contributed by atoms with E-state index in [-0.39, 0.29) is 5.91 Å². The van der Waals surface area contributed by atoms with Crippen LogP contribution in [-0.4, -0.2) is 22.2 Å². The standard InChI is InChI=1S/C17H14Br2ClNO3S/c1-16(8-17(16,18)19)15(23)21-13-12(14(22)24-2)10(7-25-13)9-5-3-4-6-11(9)20/h3-7H,8H2,1-2H3,(H,21,23)/t16-/m0/s1. The van der Waals surface area contributed by atoms with Crippen molar-refractivity contribution in [1.82, 2.24) is 0 Å². The maximum Gasteiger partial charge on any atom is 0.341 e. The Hall–Kier alpha value is -0.890. The molecule has 0 unspecified atom stereocenters. The van der Waals surface area contributed by atoms with Crippen molar-refractivity contribution < 1.29 is 14.3 Å². The van der Waals surface area contributed by atoms with Crippen LogP contribution >= 0.6 is 54.8 Å². The molecule has 2 aromatic rings. The van der Waals surface area contributed by atoms with E-state index in [1.807, 2.05) is 25.1 Å². The number of nitrogens with one attached hydrogen (secondary N) is 1. The van der Waals surface area contributed by atoms with Gasteiger partial charge in [0.2, 0.25) is 5.91 Å². The van der Waals surface area contributed by atoms with Gasteiger partial charge in [0.1, 0.15) is 10.6 Å². The predicted molar refractivity (Wildman–Crippen MR) is 108 cm³/mol. The number of carbonyl (C=O) groups is 2. The van der Waals surface area contributed by atoms with Crippen molar-refractivity contribution in [3.8, 4) is 11.1 Å².